The van der Waals surface area contributed by atoms with Crippen molar-refractivity contribution >= 4 is 40.5 Å². The van der Waals surface area contributed by atoms with Gasteiger partial charge in [-0.15, -0.1) is 0 Å². The minimum absolute atomic E-state index is 0.0296. The highest BCUT2D eigenvalue weighted by Crippen LogP contribution is 2.26. The van der Waals surface area contributed by atoms with Crippen LogP contribution in [0.25, 0.3) is 11.3 Å². The molecule has 164 valence electrons. The number of hydrogen-bond acceptors (Lipinski definition) is 5. The van der Waals surface area contributed by atoms with Gasteiger partial charge in [0, 0.05) is 29.1 Å². The number of halogens is 1. The summed E-state index contributed by atoms with van der Waals surface area (Å²) in [6, 6.07) is 22.3. The summed E-state index contributed by atoms with van der Waals surface area (Å²) < 4.78 is 5.59. The van der Waals surface area contributed by atoms with Gasteiger partial charge in [0.25, 0.3) is 17.5 Å². The molecule has 1 heterocycles. The van der Waals surface area contributed by atoms with Crippen LogP contribution in [0, 0.1) is 10.1 Å². The number of anilines is 2. The first kappa shape index (κ1) is 21.8. The Labute approximate surface area is 193 Å². The van der Waals surface area contributed by atoms with E-state index >= 15 is 0 Å². The summed E-state index contributed by atoms with van der Waals surface area (Å²) in [7, 11) is 0. The van der Waals surface area contributed by atoms with Gasteiger partial charge in [-0.3, -0.25) is 19.7 Å². The number of amides is 2. The maximum Gasteiger partial charge on any atom is 0.291 e. The first-order valence-corrected chi connectivity index (χ1v) is 10.1. The van der Waals surface area contributed by atoms with E-state index in [0.717, 1.165) is 0 Å². The molecule has 2 N–H and O–H groups in total. The molecule has 0 aliphatic rings. The Balaban J connectivity index is 1.46. The number of rotatable bonds is 6. The Kier molecular flexibility index (Phi) is 6.19. The fourth-order valence-corrected chi connectivity index (χ4v) is 3.32. The smallest absolute Gasteiger partial charge is 0.291 e. The van der Waals surface area contributed by atoms with Crippen molar-refractivity contribution in [3.05, 3.63) is 111 Å². The molecule has 0 atom stereocenters. The van der Waals surface area contributed by atoms with Crippen molar-refractivity contribution in [2.75, 3.05) is 10.6 Å². The van der Waals surface area contributed by atoms with Crippen molar-refractivity contribution in [1.29, 1.82) is 0 Å². The minimum Gasteiger partial charge on any atom is -0.451 e. The number of carbonyl (C=O) groups is 2. The van der Waals surface area contributed by atoms with E-state index in [4.69, 9.17) is 16.0 Å². The third kappa shape index (κ3) is 5.08. The molecule has 0 fully saturated rings. The highest BCUT2D eigenvalue weighted by Gasteiger charge is 2.15. The lowest BCUT2D eigenvalue weighted by Gasteiger charge is -2.09. The van der Waals surface area contributed by atoms with E-state index in [1.807, 2.05) is 0 Å². The zero-order valence-electron chi connectivity index (χ0n) is 16.9. The Hall–Kier alpha value is -4.43. The number of nitro benzene ring substituents is 1. The molecule has 8 nitrogen and oxygen atoms in total. The predicted molar refractivity (Wildman–Crippen MR) is 125 cm³/mol. The number of nitrogens with zero attached hydrogens (tertiary/aromatic N) is 1. The molecule has 0 spiro atoms. The Morgan fingerprint density at radius 3 is 2.24 bits per heavy atom. The number of hydrogen-bond donors (Lipinski definition) is 2. The molecule has 1 aromatic heterocycles. The topological polar surface area (TPSA) is 114 Å². The van der Waals surface area contributed by atoms with Gasteiger partial charge in [-0.2, -0.15) is 0 Å². The van der Waals surface area contributed by atoms with E-state index in [1.165, 1.54) is 24.3 Å². The van der Waals surface area contributed by atoms with Crippen molar-refractivity contribution < 1.29 is 18.9 Å². The molecule has 2 amide bonds. The Bertz CT molecular complexity index is 1370. The molecule has 3 aromatic carbocycles. The van der Waals surface area contributed by atoms with Crippen LogP contribution in [0.1, 0.15) is 20.9 Å². The lowest BCUT2D eigenvalue weighted by atomic mass is 10.1. The van der Waals surface area contributed by atoms with Gasteiger partial charge in [-0.05, 0) is 42.5 Å². The third-order valence-corrected chi connectivity index (χ3v) is 5.00. The molecule has 4 aromatic rings. The summed E-state index contributed by atoms with van der Waals surface area (Å²) in [5, 5.41) is 16.7. The Morgan fingerprint density at radius 1 is 0.818 bits per heavy atom. The van der Waals surface area contributed by atoms with E-state index in [-0.39, 0.29) is 17.4 Å². The van der Waals surface area contributed by atoms with Gasteiger partial charge >= 0.3 is 0 Å². The standard InChI is InChI=1S/C24H16ClN3O5/c25-20-10-2-1-9-19(20)23(29)26-16-6-4-7-17(14-16)27-24(30)22-12-11-21(33-22)15-5-3-8-18(13-15)28(31)32/h1-14H,(H,26,29)(H,27,30). The van der Waals surface area contributed by atoms with E-state index in [9.17, 15) is 19.7 Å². The number of benzene rings is 3. The number of furan rings is 1. The maximum atomic E-state index is 12.6. The highest BCUT2D eigenvalue weighted by atomic mass is 35.5. The summed E-state index contributed by atoms with van der Waals surface area (Å²) in [6.45, 7) is 0. The molecule has 0 aliphatic heterocycles. The lowest BCUT2D eigenvalue weighted by Crippen LogP contribution is -2.14. The number of non-ortho nitro benzene ring substituents is 1. The summed E-state index contributed by atoms with van der Waals surface area (Å²) in [4.78, 5) is 35.5. The second-order valence-electron chi connectivity index (χ2n) is 6.94. The fraction of sp³-hybridized carbons (Fsp3) is 0. The normalized spacial score (nSPS) is 10.5. The second-order valence-corrected chi connectivity index (χ2v) is 7.35. The summed E-state index contributed by atoms with van der Waals surface area (Å²) in [5.41, 5.74) is 1.63. The summed E-state index contributed by atoms with van der Waals surface area (Å²) in [5.74, 6) is -0.537. The molecule has 0 unspecified atom stereocenters. The zero-order valence-corrected chi connectivity index (χ0v) is 17.7. The van der Waals surface area contributed by atoms with Crippen LogP contribution in [0.4, 0.5) is 17.1 Å². The van der Waals surface area contributed by atoms with Gasteiger partial charge in [0.15, 0.2) is 5.76 Å². The van der Waals surface area contributed by atoms with Crippen molar-refractivity contribution in [2.45, 2.75) is 0 Å². The highest BCUT2D eigenvalue weighted by molar-refractivity contribution is 6.34. The second kappa shape index (κ2) is 9.37. The molecule has 0 bridgehead atoms. The number of nitrogens with one attached hydrogen (secondary N) is 2. The summed E-state index contributed by atoms with van der Waals surface area (Å²) >= 11 is 6.06. The van der Waals surface area contributed by atoms with Gasteiger partial charge in [0.05, 0.1) is 15.5 Å². The average molecular weight is 462 g/mol. The maximum absolute atomic E-state index is 12.6. The van der Waals surface area contributed by atoms with Gasteiger partial charge in [-0.25, -0.2) is 0 Å². The first-order valence-electron chi connectivity index (χ1n) is 9.73. The van der Waals surface area contributed by atoms with Crippen LogP contribution in [0.2, 0.25) is 5.02 Å². The molecule has 0 saturated carbocycles. The van der Waals surface area contributed by atoms with E-state index in [2.05, 4.69) is 10.6 Å². The van der Waals surface area contributed by atoms with Crippen LogP contribution in [0.15, 0.2) is 89.3 Å². The first-order chi connectivity index (χ1) is 15.9. The van der Waals surface area contributed by atoms with Crippen molar-refractivity contribution in [1.82, 2.24) is 0 Å². The largest absolute Gasteiger partial charge is 0.451 e. The molecule has 0 aliphatic carbocycles. The van der Waals surface area contributed by atoms with E-state index in [1.54, 1.807) is 60.7 Å². The Morgan fingerprint density at radius 2 is 1.52 bits per heavy atom. The van der Waals surface area contributed by atoms with Gasteiger partial charge in [-0.1, -0.05) is 41.9 Å². The molecule has 33 heavy (non-hydrogen) atoms. The molecule has 9 heteroatoms. The molecular weight excluding hydrogens is 446 g/mol. The number of carbonyl (C=O) groups excluding carboxylic acids is 2. The molecule has 0 saturated heterocycles. The lowest BCUT2D eigenvalue weighted by molar-refractivity contribution is -0.384. The predicted octanol–water partition coefficient (Wildman–Crippen LogP) is 6.01. The monoisotopic (exact) mass is 461 g/mol. The van der Waals surface area contributed by atoms with E-state index < -0.39 is 10.8 Å². The summed E-state index contributed by atoms with van der Waals surface area (Å²) in [6.07, 6.45) is 0. The fourth-order valence-electron chi connectivity index (χ4n) is 3.10. The van der Waals surface area contributed by atoms with E-state index in [0.29, 0.717) is 33.3 Å². The average Bonchev–Trinajstić information content (AvgIpc) is 3.30. The number of nitro groups is 1. The molecular formula is C24H16ClN3O5. The van der Waals surface area contributed by atoms with Gasteiger partial charge < -0.3 is 15.1 Å². The zero-order chi connectivity index (χ0) is 23.4. The van der Waals surface area contributed by atoms with Crippen LogP contribution in [-0.2, 0) is 0 Å². The van der Waals surface area contributed by atoms with Crippen molar-refractivity contribution in [3.8, 4) is 11.3 Å². The van der Waals surface area contributed by atoms with Gasteiger partial charge in [0.1, 0.15) is 5.76 Å². The van der Waals surface area contributed by atoms with Crippen molar-refractivity contribution in [2.24, 2.45) is 0 Å². The third-order valence-electron chi connectivity index (χ3n) is 4.67. The quantitative estimate of drug-likeness (QED) is 0.269. The molecule has 0 radical (unpaired) electrons. The molecule has 4 rings (SSSR count). The van der Waals surface area contributed by atoms with Crippen LogP contribution < -0.4 is 10.6 Å². The van der Waals surface area contributed by atoms with Crippen LogP contribution in [0.3, 0.4) is 0 Å². The van der Waals surface area contributed by atoms with Crippen LogP contribution >= 0.6 is 11.6 Å². The van der Waals surface area contributed by atoms with Gasteiger partial charge in [0.2, 0.25) is 0 Å². The van der Waals surface area contributed by atoms with Crippen molar-refractivity contribution in [3.63, 3.8) is 0 Å². The SMILES string of the molecule is O=C(Nc1cccc(NC(=O)c2ccccc2Cl)c1)c1ccc(-c2cccc([N+](=O)[O-])c2)o1. The van der Waals surface area contributed by atoms with Crippen LogP contribution in [0.5, 0.6) is 0 Å². The minimum atomic E-state index is -0.513. The van der Waals surface area contributed by atoms with Crippen LogP contribution in [-0.4, -0.2) is 16.7 Å².